The van der Waals surface area contributed by atoms with Gasteiger partial charge in [0, 0.05) is 28.9 Å². The van der Waals surface area contributed by atoms with Gasteiger partial charge in [0.05, 0.1) is 5.60 Å². The fraction of sp³-hybridized carbons (Fsp3) is 0.355. The molecule has 38 heavy (non-hydrogen) atoms. The molecule has 1 aliphatic heterocycles. The number of carboxylic acid groups (broad SMARTS) is 1. The minimum absolute atomic E-state index is 0.0387. The molecule has 6 nitrogen and oxygen atoms in total. The van der Waals surface area contributed by atoms with Gasteiger partial charge in [-0.05, 0) is 65.6 Å². The van der Waals surface area contributed by atoms with Crippen molar-refractivity contribution in [2.75, 3.05) is 26.3 Å². The summed E-state index contributed by atoms with van der Waals surface area (Å²) in [6.45, 7) is 1.33. The standard InChI is InChI=1S/C31H30BrNO5/c32-22-11-9-21(10-12-22)31(38-18-28(34)35)15-13-30(14-16-31)19-33(20-30)29(36)37-17-27-25-7-3-1-5-23(25)24-6-2-4-8-26(24)27/h1-12,27H,13-20H2,(H,34,35). The second kappa shape index (κ2) is 9.86. The van der Waals surface area contributed by atoms with Crippen molar-refractivity contribution < 1.29 is 24.2 Å². The maximum Gasteiger partial charge on any atom is 0.409 e. The number of likely N-dealkylation sites (tertiary alicyclic amines) is 1. The van der Waals surface area contributed by atoms with Crippen molar-refractivity contribution in [1.82, 2.24) is 4.90 Å². The molecule has 196 valence electrons. The van der Waals surface area contributed by atoms with E-state index in [9.17, 15) is 14.7 Å². The molecule has 1 saturated carbocycles. The van der Waals surface area contributed by atoms with Gasteiger partial charge in [0.1, 0.15) is 13.2 Å². The minimum Gasteiger partial charge on any atom is -0.480 e. The van der Waals surface area contributed by atoms with E-state index in [1.165, 1.54) is 22.3 Å². The molecule has 3 aliphatic rings. The van der Waals surface area contributed by atoms with Gasteiger partial charge in [0.15, 0.2) is 0 Å². The number of fused-ring (bicyclic) bond motifs is 3. The lowest BCUT2D eigenvalue weighted by Crippen LogP contribution is -2.61. The van der Waals surface area contributed by atoms with E-state index in [-0.39, 0.29) is 24.0 Å². The quantitative estimate of drug-likeness (QED) is 0.359. The summed E-state index contributed by atoms with van der Waals surface area (Å²) >= 11 is 3.47. The number of benzene rings is 3. The van der Waals surface area contributed by atoms with Crippen LogP contribution in [0.5, 0.6) is 0 Å². The Bertz CT molecular complexity index is 1310. The van der Waals surface area contributed by atoms with Crippen LogP contribution >= 0.6 is 15.9 Å². The topological polar surface area (TPSA) is 76.1 Å². The van der Waals surface area contributed by atoms with E-state index in [0.29, 0.717) is 19.7 Å². The van der Waals surface area contributed by atoms with Crippen LogP contribution in [0.4, 0.5) is 4.79 Å². The summed E-state index contributed by atoms with van der Waals surface area (Å²) in [5, 5.41) is 9.25. The Morgan fingerprint density at radius 2 is 1.45 bits per heavy atom. The fourth-order valence-electron chi connectivity index (χ4n) is 6.55. The van der Waals surface area contributed by atoms with Crippen LogP contribution in [0.2, 0.25) is 0 Å². The maximum absolute atomic E-state index is 13.0. The van der Waals surface area contributed by atoms with Crippen LogP contribution in [0.1, 0.15) is 48.3 Å². The maximum atomic E-state index is 13.0. The van der Waals surface area contributed by atoms with Gasteiger partial charge in [-0.2, -0.15) is 0 Å². The molecule has 3 aromatic rings. The van der Waals surface area contributed by atoms with Crippen LogP contribution in [0.25, 0.3) is 11.1 Å². The summed E-state index contributed by atoms with van der Waals surface area (Å²) in [5.41, 5.74) is 5.27. The van der Waals surface area contributed by atoms with E-state index in [2.05, 4.69) is 40.2 Å². The van der Waals surface area contributed by atoms with Crippen molar-refractivity contribution in [3.05, 3.63) is 94.0 Å². The molecule has 0 atom stereocenters. The highest BCUT2D eigenvalue weighted by atomic mass is 79.9. The van der Waals surface area contributed by atoms with Crippen LogP contribution < -0.4 is 0 Å². The average Bonchev–Trinajstić information content (AvgIpc) is 3.23. The molecule has 3 aromatic carbocycles. The van der Waals surface area contributed by atoms with E-state index < -0.39 is 11.6 Å². The Morgan fingerprint density at radius 1 is 0.868 bits per heavy atom. The highest BCUT2D eigenvalue weighted by Gasteiger charge is 2.52. The van der Waals surface area contributed by atoms with Crippen LogP contribution in [0, 0.1) is 5.41 Å². The Hall–Kier alpha value is -3.16. The first-order valence-electron chi connectivity index (χ1n) is 13.1. The summed E-state index contributed by atoms with van der Waals surface area (Å²) in [6.07, 6.45) is 2.93. The molecule has 1 spiro atoms. The van der Waals surface area contributed by atoms with Crippen LogP contribution in [-0.4, -0.2) is 48.4 Å². The van der Waals surface area contributed by atoms with Crippen molar-refractivity contribution in [2.24, 2.45) is 5.41 Å². The zero-order valence-corrected chi connectivity index (χ0v) is 22.7. The van der Waals surface area contributed by atoms with Crippen LogP contribution in [0.15, 0.2) is 77.3 Å². The first kappa shape index (κ1) is 25.1. The molecule has 0 radical (unpaired) electrons. The molecule has 7 heteroatoms. The van der Waals surface area contributed by atoms with Crippen LogP contribution in [0.3, 0.4) is 0 Å². The van der Waals surface area contributed by atoms with E-state index in [0.717, 1.165) is 35.7 Å². The highest BCUT2D eigenvalue weighted by molar-refractivity contribution is 9.10. The SMILES string of the molecule is O=C(O)COC1(c2ccc(Br)cc2)CCC2(CC1)CN(C(=O)OCC1c3ccccc3-c3ccccc31)C2. The van der Waals surface area contributed by atoms with Gasteiger partial charge in [0.2, 0.25) is 0 Å². The Kier molecular flexibility index (Phi) is 6.52. The number of amides is 1. The first-order chi connectivity index (χ1) is 18.4. The second-order valence-electron chi connectivity index (χ2n) is 10.8. The molecule has 1 N–H and O–H groups in total. The molecule has 0 unspecified atom stereocenters. The van der Waals surface area contributed by atoms with Crippen molar-refractivity contribution in [3.8, 4) is 11.1 Å². The largest absolute Gasteiger partial charge is 0.480 e. The summed E-state index contributed by atoms with van der Waals surface area (Å²) < 4.78 is 12.9. The van der Waals surface area contributed by atoms with E-state index in [1.807, 2.05) is 48.5 Å². The average molecular weight is 576 g/mol. The molecule has 1 heterocycles. The zero-order chi connectivity index (χ0) is 26.3. The number of hydrogen-bond acceptors (Lipinski definition) is 4. The van der Waals surface area contributed by atoms with Crippen molar-refractivity contribution in [2.45, 2.75) is 37.2 Å². The summed E-state index contributed by atoms with van der Waals surface area (Å²) in [6, 6.07) is 24.6. The number of carboxylic acids is 1. The smallest absolute Gasteiger partial charge is 0.409 e. The fourth-order valence-corrected chi connectivity index (χ4v) is 6.81. The summed E-state index contributed by atoms with van der Waals surface area (Å²) in [4.78, 5) is 26.1. The number of hydrogen-bond donors (Lipinski definition) is 1. The second-order valence-corrected chi connectivity index (χ2v) is 11.8. The van der Waals surface area contributed by atoms with E-state index in [1.54, 1.807) is 4.90 Å². The van der Waals surface area contributed by atoms with Gasteiger partial charge in [-0.1, -0.05) is 76.6 Å². The van der Waals surface area contributed by atoms with Gasteiger partial charge in [0.25, 0.3) is 0 Å². The molecule has 2 fully saturated rings. The number of ether oxygens (including phenoxy) is 2. The molecule has 1 saturated heterocycles. The molecule has 0 bridgehead atoms. The third kappa shape index (κ3) is 4.52. The predicted octanol–water partition coefficient (Wildman–Crippen LogP) is 6.57. The zero-order valence-electron chi connectivity index (χ0n) is 21.1. The van der Waals surface area contributed by atoms with Gasteiger partial charge in [-0.3, -0.25) is 0 Å². The molecule has 2 aliphatic carbocycles. The van der Waals surface area contributed by atoms with Crippen LogP contribution in [-0.2, 0) is 19.9 Å². The number of rotatable bonds is 6. The van der Waals surface area contributed by atoms with Crippen molar-refractivity contribution in [3.63, 3.8) is 0 Å². The number of halogens is 1. The van der Waals surface area contributed by atoms with Gasteiger partial charge < -0.3 is 19.5 Å². The van der Waals surface area contributed by atoms with Gasteiger partial charge >= 0.3 is 12.1 Å². The van der Waals surface area contributed by atoms with Gasteiger partial charge in [-0.15, -0.1) is 0 Å². The Morgan fingerprint density at radius 3 is 2.03 bits per heavy atom. The number of nitrogens with zero attached hydrogens (tertiary/aromatic N) is 1. The van der Waals surface area contributed by atoms with E-state index >= 15 is 0 Å². The van der Waals surface area contributed by atoms with E-state index in [4.69, 9.17) is 9.47 Å². The number of carbonyl (C=O) groups is 2. The first-order valence-corrected chi connectivity index (χ1v) is 13.9. The van der Waals surface area contributed by atoms with Crippen molar-refractivity contribution >= 4 is 28.0 Å². The minimum atomic E-state index is -0.966. The number of carbonyl (C=O) groups excluding carboxylic acids is 1. The summed E-state index contributed by atoms with van der Waals surface area (Å²) in [7, 11) is 0. The Labute approximate surface area is 230 Å². The van der Waals surface area contributed by atoms with Gasteiger partial charge in [-0.25, -0.2) is 9.59 Å². The number of aliphatic carboxylic acids is 1. The lowest BCUT2D eigenvalue weighted by molar-refractivity contribution is -0.160. The summed E-state index contributed by atoms with van der Waals surface area (Å²) in [5.74, 6) is -0.916. The lowest BCUT2D eigenvalue weighted by Gasteiger charge is -2.55. The highest BCUT2D eigenvalue weighted by Crippen LogP contribution is 2.52. The lowest BCUT2D eigenvalue weighted by atomic mass is 9.63. The van der Waals surface area contributed by atoms with Crippen molar-refractivity contribution in [1.29, 1.82) is 0 Å². The molecule has 1 amide bonds. The molecule has 6 rings (SSSR count). The molecular formula is C31H30BrNO5. The molecule has 0 aromatic heterocycles. The normalized spacial score (nSPS) is 18.9. The predicted molar refractivity (Wildman–Crippen MR) is 147 cm³/mol. The third-order valence-electron chi connectivity index (χ3n) is 8.61. The molecular weight excluding hydrogens is 546 g/mol. The third-order valence-corrected chi connectivity index (χ3v) is 9.14. The monoisotopic (exact) mass is 575 g/mol. The Balaban J connectivity index is 1.08.